The molecule has 0 saturated carbocycles. The first-order valence-corrected chi connectivity index (χ1v) is 11.6. The van der Waals surface area contributed by atoms with Crippen molar-refractivity contribution in [2.45, 2.75) is 24.2 Å². The fraction of sp³-hybridized carbons (Fsp3) is 0.125. The highest BCUT2D eigenvalue weighted by Crippen LogP contribution is 2.49. The predicted octanol–water partition coefficient (Wildman–Crippen LogP) is 5.53. The Balaban J connectivity index is 1.48. The number of fused-ring (bicyclic) bond motifs is 8. The summed E-state index contributed by atoms with van der Waals surface area (Å²) >= 11 is 3.46. The van der Waals surface area contributed by atoms with E-state index >= 15 is 0 Å². The Kier molecular flexibility index (Phi) is 3.13. The smallest absolute Gasteiger partial charge is 0.295 e. The van der Waals surface area contributed by atoms with Gasteiger partial charge in [-0.1, -0.05) is 38.1 Å². The molecule has 2 aromatic carbocycles. The lowest BCUT2D eigenvalue weighted by molar-refractivity contribution is -0.481. The number of anilines is 1. The fourth-order valence-corrected chi connectivity index (χ4v) is 6.58. The van der Waals surface area contributed by atoms with E-state index < -0.39 is 0 Å². The van der Waals surface area contributed by atoms with Crippen molar-refractivity contribution in [3.8, 4) is 0 Å². The first-order chi connectivity index (χ1) is 14.6. The molecule has 0 bridgehead atoms. The summed E-state index contributed by atoms with van der Waals surface area (Å²) in [5, 5.41) is 1.02. The van der Waals surface area contributed by atoms with Crippen LogP contribution in [0, 0.1) is 0 Å². The normalized spacial score (nSPS) is 18.3. The Labute approximate surface area is 181 Å². The lowest BCUT2D eigenvalue weighted by Crippen LogP contribution is -2.35. The van der Waals surface area contributed by atoms with E-state index in [2.05, 4.69) is 90.2 Å². The number of thiazole rings is 1. The molecule has 0 unspecified atom stereocenters. The third-order valence-electron chi connectivity index (χ3n) is 6.18. The van der Waals surface area contributed by atoms with E-state index in [1.807, 2.05) is 0 Å². The van der Waals surface area contributed by atoms with E-state index in [-0.39, 0.29) is 5.41 Å². The second-order valence-electron chi connectivity index (χ2n) is 8.29. The predicted molar refractivity (Wildman–Crippen MR) is 124 cm³/mol. The summed E-state index contributed by atoms with van der Waals surface area (Å²) in [6.07, 6.45) is 6.71. The van der Waals surface area contributed by atoms with Gasteiger partial charge in [-0.2, -0.15) is 4.40 Å². The molecular weight excluding hydrogens is 408 g/mol. The number of allylic oxidation sites excluding steroid dienone is 1. The zero-order valence-corrected chi connectivity index (χ0v) is 18.1. The number of thioether (sulfide) groups is 1. The minimum atomic E-state index is -0.201. The number of benzene rings is 2. The van der Waals surface area contributed by atoms with Gasteiger partial charge in [0.1, 0.15) is 6.20 Å². The lowest BCUT2D eigenvalue weighted by atomic mass is 9.73. The average molecular weight is 426 g/mol. The molecule has 0 fully saturated rings. The highest BCUT2D eigenvalue weighted by atomic mass is 32.2. The molecule has 3 aliphatic rings. The first-order valence-electron chi connectivity index (χ1n) is 9.93. The number of hydrogen-bond acceptors (Lipinski definition) is 5. The zero-order valence-electron chi connectivity index (χ0n) is 16.5. The van der Waals surface area contributed by atoms with Gasteiger partial charge in [0.2, 0.25) is 0 Å². The largest absolute Gasteiger partial charge is 0.388 e. The SMILES string of the molecule is CC1(C)C2=CN3C(=NC2=Cc2nc4sc5ccccc5[n+]4cc21)Sc1ccccc13. The van der Waals surface area contributed by atoms with Crippen molar-refractivity contribution in [3.05, 3.63) is 83.5 Å². The number of nitrogens with zero attached hydrogens (tertiary/aromatic N) is 4. The van der Waals surface area contributed by atoms with E-state index in [1.54, 1.807) is 23.1 Å². The number of aliphatic imine (C=N–C) groups is 1. The molecule has 4 aromatic rings. The van der Waals surface area contributed by atoms with Crippen LogP contribution in [-0.2, 0) is 5.41 Å². The van der Waals surface area contributed by atoms with Gasteiger partial charge in [-0.15, -0.1) is 0 Å². The molecule has 0 spiro atoms. The van der Waals surface area contributed by atoms with Crippen LogP contribution < -0.4 is 9.30 Å². The molecular formula is C24H17N4S2+. The van der Waals surface area contributed by atoms with Crippen LogP contribution in [0.4, 0.5) is 5.69 Å². The molecule has 2 aromatic heterocycles. The van der Waals surface area contributed by atoms with Crippen LogP contribution in [0.25, 0.3) is 21.3 Å². The molecule has 2 aliphatic heterocycles. The minimum absolute atomic E-state index is 0.201. The second-order valence-corrected chi connectivity index (χ2v) is 10.3. The Morgan fingerprint density at radius 3 is 2.80 bits per heavy atom. The summed E-state index contributed by atoms with van der Waals surface area (Å²) in [6.45, 7) is 4.56. The van der Waals surface area contributed by atoms with Gasteiger partial charge in [0.15, 0.2) is 16.4 Å². The molecule has 6 heteroatoms. The van der Waals surface area contributed by atoms with Crippen molar-refractivity contribution in [1.82, 2.24) is 4.98 Å². The van der Waals surface area contributed by atoms with Gasteiger partial charge >= 0.3 is 4.96 Å². The Morgan fingerprint density at radius 1 is 1.03 bits per heavy atom. The molecule has 0 saturated heterocycles. The number of hydrogen-bond donors (Lipinski definition) is 0. The molecule has 0 atom stereocenters. The van der Waals surface area contributed by atoms with Crippen LogP contribution in [0.1, 0.15) is 25.1 Å². The Morgan fingerprint density at radius 2 is 1.87 bits per heavy atom. The van der Waals surface area contributed by atoms with Crippen LogP contribution >= 0.6 is 23.1 Å². The van der Waals surface area contributed by atoms with Gasteiger partial charge in [-0.25, -0.2) is 4.99 Å². The molecule has 7 rings (SSSR count). The summed E-state index contributed by atoms with van der Waals surface area (Å²) in [5.41, 5.74) is 6.74. The van der Waals surface area contributed by atoms with Crippen LogP contribution in [-0.4, -0.2) is 10.2 Å². The number of amidine groups is 1. The van der Waals surface area contributed by atoms with E-state index in [4.69, 9.17) is 9.98 Å². The summed E-state index contributed by atoms with van der Waals surface area (Å²) in [6, 6.07) is 17.0. The van der Waals surface area contributed by atoms with E-state index in [9.17, 15) is 0 Å². The summed E-state index contributed by atoms with van der Waals surface area (Å²) in [7, 11) is 0. The number of rotatable bonds is 0. The maximum absolute atomic E-state index is 5.05. The standard InChI is InChI=1S/C24H17N4S2/c1-24(2)14-12-27-18-7-3-5-9-20(18)29-22(27)25-16(14)11-17-15(24)13-28-19-8-4-6-10-21(19)30-23(28)26-17/h3-13H,1-2H3/q+1. The quantitative estimate of drug-likeness (QED) is 0.347. The number of para-hydroxylation sites is 2. The van der Waals surface area contributed by atoms with Gasteiger partial charge in [0.25, 0.3) is 0 Å². The van der Waals surface area contributed by atoms with Crippen molar-refractivity contribution in [1.29, 1.82) is 0 Å². The fourth-order valence-electron chi connectivity index (χ4n) is 4.56. The highest BCUT2D eigenvalue weighted by molar-refractivity contribution is 8.14. The molecule has 0 amide bonds. The van der Waals surface area contributed by atoms with Crippen LogP contribution in [0.3, 0.4) is 0 Å². The monoisotopic (exact) mass is 425 g/mol. The van der Waals surface area contributed by atoms with Crippen LogP contribution in [0.5, 0.6) is 0 Å². The van der Waals surface area contributed by atoms with Crippen molar-refractivity contribution in [2.75, 3.05) is 4.90 Å². The average Bonchev–Trinajstić information content (AvgIpc) is 3.29. The molecule has 0 N–H and O–H groups in total. The van der Waals surface area contributed by atoms with Gasteiger partial charge in [-0.05, 0) is 52.3 Å². The molecule has 0 radical (unpaired) electrons. The third kappa shape index (κ3) is 2.10. The van der Waals surface area contributed by atoms with Crippen molar-refractivity contribution in [3.63, 3.8) is 0 Å². The van der Waals surface area contributed by atoms with Crippen LogP contribution in [0.15, 0.2) is 82.1 Å². The molecule has 4 nitrogen and oxygen atoms in total. The summed E-state index contributed by atoms with van der Waals surface area (Å²) in [5.74, 6) is 0. The van der Waals surface area contributed by atoms with Crippen molar-refractivity contribution >= 4 is 55.2 Å². The minimum Gasteiger partial charge on any atom is -0.295 e. The summed E-state index contributed by atoms with van der Waals surface area (Å²) < 4.78 is 3.49. The molecule has 1 aliphatic carbocycles. The van der Waals surface area contributed by atoms with E-state index in [0.717, 1.165) is 21.5 Å². The maximum atomic E-state index is 5.05. The van der Waals surface area contributed by atoms with Gasteiger partial charge in [-0.3, -0.25) is 4.90 Å². The van der Waals surface area contributed by atoms with Crippen molar-refractivity contribution < 1.29 is 4.40 Å². The van der Waals surface area contributed by atoms with Crippen molar-refractivity contribution in [2.24, 2.45) is 4.99 Å². The van der Waals surface area contributed by atoms with E-state index in [0.29, 0.717) is 0 Å². The molecule has 30 heavy (non-hydrogen) atoms. The Hall–Kier alpha value is -2.96. The second kappa shape index (κ2) is 5.59. The van der Waals surface area contributed by atoms with Crippen LogP contribution in [0.2, 0.25) is 0 Å². The summed E-state index contributed by atoms with van der Waals surface area (Å²) in [4.78, 5) is 14.6. The molecule has 144 valence electrons. The molecule has 4 heterocycles. The van der Waals surface area contributed by atoms with Gasteiger partial charge < -0.3 is 0 Å². The Bertz CT molecular complexity index is 1510. The first kappa shape index (κ1) is 16.8. The highest BCUT2D eigenvalue weighted by Gasteiger charge is 2.42. The third-order valence-corrected chi connectivity index (χ3v) is 8.26. The maximum Gasteiger partial charge on any atom is 0.388 e. The zero-order chi connectivity index (χ0) is 20.0. The topological polar surface area (TPSA) is 32.6 Å². The van der Waals surface area contributed by atoms with E-state index in [1.165, 1.54) is 31.9 Å². The number of aromatic nitrogens is 2. The lowest BCUT2D eigenvalue weighted by Gasteiger charge is -2.35. The van der Waals surface area contributed by atoms with Gasteiger partial charge in [0, 0.05) is 28.2 Å². The van der Waals surface area contributed by atoms with Gasteiger partial charge in [0.05, 0.1) is 21.6 Å².